The van der Waals surface area contributed by atoms with E-state index in [2.05, 4.69) is 25.0 Å². The van der Waals surface area contributed by atoms with E-state index in [1.165, 1.54) is 18.5 Å². The number of sulfonamides is 1. The first-order chi connectivity index (χ1) is 14.4. The fourth-order valence-corrected chi connectivity index (χ4v) is 4.43. The molecule has 2 N–H and O–H groups in total. The Balaban J connectivity index is 1.73. The third kappa shape index (κ3) is 3.73. The average Bonchev–Trinajstić information content (AvgIpc) is 2.72. The Morgan fingerprint density at radius 3 is 2.53 bits per heavy atom. The maximum absolute atomic E-state index is 14.8. The van der Waals surface area contributed by atoms with E-state index < -0.39 is 27.6 Å². The summed E-state index contributed by atoms with van der Waals surface area (Å²) in [7, 11) is -4.09. The van der Waals surface area contributed by atoms with Gasteiger partial charge in [-0.1, -0.05) is 25.1 Å². The van der Waals surface area contributed by atoms with Gasteiger partial charge in [0.15, 0.2) is 0 Å². The summed E-state index contributed by atoms with van der Waals surface area (Å²) in [6.45, 7) is 1.82. The van der Waals surface area contributed by atoms with E-state index in [1.54, 1.807) is 31.5 Å². The molecule has 0 saturated carbocycles. The Morgan fingerprint density at radius 1 is 1.07 bits per heavy atom. The molecule has 3 aromatic rings. The third-order valence-corrected chi connectivity index (χ3v) is 6.08. The topological polar surface area (TPSA) is 96.3 Å². The van der Waals surface area contributed by atoms with Crippen molar-refractivity contribution >= 4 is 21.7 Å². The Hall–Kier alpha value is -3.40. The number of aromatic nitrogens is 2. The SMILES string of the molecule is C[C@@H](c1ccccc1F)c1c(F)ccc2c1NC(NCc1cncnc1)=NS2(=O)=O. The van der Waals surface area contributed by atoms with Crippen molar-refractivity contribution in [1.82, 2.24) is 15.3 Å². The van der Waals surface area contributed by atoms with Crippen molar-refractivity contribution in [3.8, 4) is 0 Å². The summed E-state index contributed by atoms with van der Waals surface area (Å²) in [6.07, 6.45) is 4.51. The summed E-state index contributed by atoms with van der Waals surface area (Å²) >= 11 is 0. The Morgan fingerprint density at radius 2 is 1.80 bits per heavy atom. The lowest BCUT2D eigenvalue weighted by Crippen LogP contribution is -2.35. The van der Waals surface area contributed by atoms with Gasteiger partial charge in [-0.2, -0.15) is 8.42 Å². The highest BCUT2D eigenvalue weighted by Crippen LogP contribution is 2.39. The molecule has 4 rings (SSSR count). The van der Waals surface area contributed by atoms with E-state index in [9.17, 15) is 17.2 Å². The number of nitrogens with zero attached hydrogens (tertiary/aromatic N) is 3. The van der Waals surface area contributed by atoms with Crippen LogP contribution in [0.2, 0.25) is 0 Å². The van der Waals surface area contributed by atoms with Crippen LogP contribution in [0.25, 0.3) is 0 Å². The molecule has 0 amide bonds. The first-order valence-corrected chi connectivity index (χ1v) is 10.5. The lowest BCUT2D eigenvalue weighted by molar-refractivity contribution is 0.578. The van der Waals surface area contributed by atoms with Crippen LogP contribution in [0.3, 0.4) is 0 Å². The molecular weight excluding hydrogens is 412 g/mol. The summed E-state index contributed by atoms with van der Waals surface area (Å²) in [5, 5.41) is 5.71. The molecule has 2 heterocycles. The second-order valence-corrected chi connectivity index (χ2v) is 8.29. The Kier molecular flexibility index (Phi) is 5.17. The zero-order chi connectivity index (χ0) is 21.3. The molecule has 0 aliphatic carbocycles. The minimum Gasteiger partial charge on any atom is -0.351 e. The minimum atomic E-state index is -4.09. The predicted octanol–water partition coefficient (Wildman–Crippen LogP) is 3.17. The number of hydrogen-bond acceptors (Lipinski definition) is 6. The monoisotopic (exact) mass is 429 g/mol. The van der Waals surface area contributed by atoms with Crippen LogP contribution in [-0.4, -0.2) is 24.3 Å². The molecule has 0 unspecified atom stereocenters. The minimum absolute atomic E-state index is 0.0348. The van der Waals surface area contributed by atoms with E-state index in [-0.39, 0.29) is 34.2 Å². The zero-order valence-corrected chi connectivity index (χ0v) is 16.6. The molecule has 0 spiro atoms. The number of rotatable bonds is 4. The van der Waals surface area contributed by atoms with E-state index in [0.29, 0.717) is 5.56 Å². The number of guanidine groups is 1. The molecular formula is C20H17F2N5O2S. The van der Waals surface area contributed by atoms with Crippen molar-refractivity contribution in [2.24, 2.45) is 4.40 Å². The first-order valence-electron chi connectivity index (χ1n) is 9.03. The van der Waals surface area contributed by atoms with Gasteiger partial charge in [0.1, 0.15) is 22.9 Å². The largest absolute Gasteiger partial charge is 0.351 e. The van der Waals surface area contributed by atoms with Gasteiger partial charge in [0.25, 0.3) is 10.0 Å². The van der Waals surface area contributed by atoms with Crippen LogP contribution in [-0.2, 0) is 16.6 Å². The smallest absolute Gasteiger partial charge is 0.287 e. The van der Waals surface area contributed by atoms with Crippen LogP contribution in [0, 0.1) is 11.6 Å². The van der Waals surface area contributed by atoms with Crippen molar-refractivity contribution in [2.45, 2.75) is 24.3 Å². The van der Waals surface area contributed by atoms with Gasteiger partial charge in [0, 0.05) is 36.0 Å². The highest BCUT2D eigenvalue weighted by molar-refractivity contribution is 7.90. The van der Waals surface area contributed by atoms with Gasteiger partial charge < -0.3 is 10.6 Å². The molecule has 0 radical (unpaired) electrons. The summed E-state index contributed by atoms with van der Waals surface area (Å²) < 4.78 is 58.3. The van der Waals surface area contributed by atoms with Gasteiger partial charge in [0.2, 0.25) is 5.96 Å². The van der Waals surface area contributed by atoms with Crippen molar-refractivity contribution < 1.29 is 17.2 Å². The fraction of sp³-hybridized carbons (Fsp3) is 0.150. The molecule has 10 heteroatoms. The van der Waals surface area contributed by atoms with E-state index in [4.69, 9.17) is 0 Å². The summed E-state index contributed by atoms with van der Waals surface area (Å²) in [5.74, 6) is -1.97. The number of benzene rings is 2. The van der Waals surface area contributed by atoms with E-state index >= 15 is 0 Å². The highest BCUT2D eigenvalue weighted by atomic mass is 32.2. The van der Waals surface area contributed by atoms with Gasteiger partial charge in [-0.05, 0) is 23.8 Å². The quantitative estimate of drug-likeness (QED) is 0.661. The van der Waals surface area contributed by atoms with Gasteiger partial charge in [0.05, 0.1) is 5.69 Å². The van der Waals surface area contributed by atoms with Crippen molar-refractivity contribution in [2.75, 3.05) is 5.32 Å². The standard InChI is InChI=1S/C20H17F2N5O2S/c1-12(14-4-2-3-5-15(14)21)18-16(22)6-7-17-19(18)26-20(27-30(17,28)29)25-10-13-8-23-11-24-9-13/h2-9,11-12H,10H2,1H3,(H2,25,26,27)/t12-/m0/s1. The predicted molar refractivity (Wildman–Crippen MR) is 107 cm³/mol. The van der Waals surface area contributed by atoms with Gasteiger partial charge in [-0.3, -0.25) is 0 Å². The van der Waals surface area contributed by atoms with E-state index in [1.807, 2.05) is 0 Å². The molecule has 1 aliphatic heterocycles. The number of anilines is 1. The lowest BCUT2D eigenvalue weighted by Gasteiger charge is -2.25. The average molecular weight is 429 g/mol. The van der Waals surface area contributed by atoms with Crippen molar-refractivity contribution in [3.05, 3.63) is 83.4 Å². The molecule has 1 aliphatic rings. The molecule has 0 saturated heterocycles. The summed E-state index contributed by atoms with van der Waals surface area (Å²) in [4.78, 5) is 7.61. The molecule has 0 fully saturated rings. The van der Waals surface area contributed by atoms with Crippen LogP contribution in [0.15, 0.2) is 64.4 Å². The molecule has 30 heavy (non-hydrogen) atoms. The number of nitrogens with one attached hydrogen (secondary N) is 2. The van der Waals surface area contributed by atoms with Crippen molar-refractivity contribution in [3.63, 3.8) is 0 Å². The van der Waals surface area contributed by atoms with Crippen LogP contribution in [0.4, 0.5) is 14.5 Å². The summed E-state index contributed by atoms with van der Waals surface area (Å²) in [6, 6.07) is 8.20. The van der Waals surface area contributed by atoms with Crippen LogP contribution in [0.5, 0.6) is 0 Å². The lowest BCUT2D eigenvalue weighted by atomic mass is 9.91. The van der Waals surface area contributed by atoms with Gasteiger partial charge in [-0.25, -0.2) is 18.7 Å². The first kappa shape index (κ1) is 19.9. The molecule has 1 atom stereocenters. The van der Waals surface area contributed by atoms with E-state index in [0.717, 1.165) is 12.1 Å². The molecule has 1 aromatic heterocycles. The molecule has 154 valence electrons. The Bertz CT molecular complexity index is 1230. The highest BCUT2D eigenvalue weighted by Gasteiger charge is 2.31. The van der Waals surface area contributed by atoms with Gasteiger partial charge in [-0.15, -0.1) is 4.40 Å². The summed E-state index contributed by atoms with van der Waals surface area (Å²) in [5.41, 5.74) is 1.03. The normalized spacial score (nSPS) is 15.5. The van der Waals surface area contributed by atoms with Crippen LogP contribution < -0.4 is 10.6 Å². The molecule has 0 bridgehead atoms. The zero-order valence-electron chi connectivity index (χ0n) is 15.8. The van der Waals surface area contributed by atoms with Crippen molar-refractivity contribution in [1.29, 1.82) is 0 Å². The Labute approximate surface area is 172 Å². The van der Waals surface area contributed by atoms with Crippen LogP contribution in [0.1, 0.15) is 29.5 Å². The third-order valence-electron chi connectivity index (χ3n) is 4.77. The van der Waals surface area contributed by atoms with Crippen LogP contribution >= 0.6 is 0 Å². The van der Waals surface area contributed by atoms with Gasteiger partial charge >= 0.3 is 0 Å². The maximum atomic E-state index is 14.8. The number of hydrogen-bond donors (Lipinski definition) is 2. The molecule has 2 aromatic carbocycles. The second kappa shape index (κ2) is 7.79. The maximum Gasteiger partial charge on any atom is 0.287 e. The fourth-order valence-electron chi connectivity index (χ4n) is 3.32. The number of fused-ring (bicyclic) bond motifs is 1. The second-order valence-electron chi connectivity index (χ2n) is 6.72. The molecule has 7 nitrogen and oxygen atoms in total. The number of halogens is 2.